The molecule has 1 aliphatic heterocycles. The number of nitrogens with one attached hydrogen (secondary N) is 1. The van der Waals surface area contributed by atoms with Gasteiger partial charge in [-0.2, -0.15) is 13.9 Å². The highest BCUT2D eigenvalue weighted by Crippen LogP contribution is 2.42. The molecule has 194 valence electrons. The molecular formula is C26H22F4N8. The second-order valence-corrected chi connectivity index (χ2v) is 9.23. The number of rotatable bonds is 6. The van der Waals surface area contributed by atoms with Gasteiger partial charge in [0.05, 0.1) is 17.9 Å². The van der Waals surface area contributed by atoms with E-state index >= 15 is 8.78 Å². The summed E-state index contributed by atoms with van der Waals surface area (Å²) < 4.78 is 63.5. The minimum atomic E-state index is -3.67. The molecule has 0 saturated heterocycles. The molecule has 4 aromatic heterocycles. The number of benzene rings is 1. The summed E-state index contributed by atoms with van der Waals surface area (Å²) in [5.74, 6) is -3.72. The Kier molecular flexibility index (Phi) is 5.55. The summed E-state index contributed by atoms with van der Waals surface area (Å²) in [6.45, 7) is 1.11. The summed E-state index contributed by atoms with van der Waals surface area (Å²) in [4.78, 5) is 4.44. The van der Waals surface area contributed by atoms with Crippen molar-refractivity contribution in [3.63, 3.8) is 0 Å². The van der Waals surface area contributed by atoms with Crippen LogP contribution in [0.3, 0.4) is 0 Å². The number of alkyl halides is 3. The second-order valence-electron chi connectivity index (χ2n) is 9.23. The Morgan fingerprint density at radius 2 is 1.97 bits per heavy atom. The standard InChI is InChI=1S/C26H22F4N8/c1-15-12-31-22(33-23-6-7-32-36(23)2)10-20(15)16-8-21-24-34-35-25(38(24)19(11-27)14-37(21)13-16)26(29,30)17-4-3-5-18(28)9-17/h3-10,12-13,19H,11,14H2,1-2H3,(H,31,33)/t19-/m0/s1. The van der Waals surface area contributed by atoms with Gasteiger partial charge in [0.1, 0.15) is 24.1 Å². The molecule has 0 fully saturated rings. The summed E-state index contributed by atoms with van der Waals surface area (Å²) in [6.07, 6.45) is 5.24. The maximum absolute atomic E-state index is 15.5. The van der Waals surface area contributed by atoms with Crippen molar-refractivity contribution in [1.82, 2.24) is 34.1 Å². The Morgan fingerprint density at radius 1 is 1.13 bits per heavy atom. The smallest absolute Gasteiger partial charge is 0.332 e. The number of aromatic nitrogens is 7. The molecule has 0 unspecified atom stereocenters. The number of hydrogen-bond acceptors (Lipinski definition) is 5. The summed E-state index contributed by atoms with van der Waals surface area (Å²) in [6, 6.07) is 8.70. The third-order valence-corrected chi connectivity index (χ3v) is 6.73. The van der Waals surface area contributed by atoms with Crippen LogP contribution in [0.1, 0.15) is 23.0 Å². The van der Waals surface area contributed by atoms with Crippen molar-refractivity contribution in [1.29, 1.82) is 0 Å². The van der Waals surface area contributed by atoms with E-state index in [1.165, 1.54) is 6.07 Å². The van der Waals surface area contributed by atoms with Crippen molar-refractivity contribution in [2.45, 2.75) is 25.4 Å². The first-order valence-electron chi connectivity index (χ1n) is 11.8. The lowest BCUT2D eigenvalue weighted by molar-refractivity contribution is 0.0254. The predicted molar refractivity (Wildman–Crippen MR) is 132 cm³/mol. The van der Waals surface area contributed by atoms with E-state index in [2.05, 4.69) is 25.6 Å². The van der Waals surface area contributed by atoms with Crippen LogP contribution >= 0.6 is 0 Å². The van der Waals surface area contributed by atoms with Crippen LogP contribution in [0.15, 0.2) is 61.1 Å². The number of pyridine rings is 1. The fraction of sp³-hybridized carbons (Fsp3) is 0.231. The van der Waals surface area contributed by atoms with Crippen molar-refractivity contribution >= 4 is 11.6 Å². The second kappa shape index (κ2) is 8.82. The number of nitrogens with zero attached hydrogens (tertiary/aromatic N) is 7. The zero-order valence-electron chi connectivity index (χ0n) is 20.4. The van der Waals surface area contributed by atoms with Crippen LogP contribution in [0.2, 0.25) is 0 Å². The zero-order valence-corrected chi connectivity index (χ0v) is 20.4. The quantitative estimate of drug-likeness (QED) is 0.302. The van der Waals surface area contributed by atoms with Crippen LogP contribution in [0.25, 0.3) is 22.6 Å². The van der Waals surface area contributed by atoms with Gasteiger partial charge in [0, 0.05) is 43.2 Å². The van der Waals surface area contributed by atoms with Gasteiger partial charge in [0.15, 0.2) is 5.82 Å². The van der Waals surface area contributed by atoms with Gasteiger partial charge in [-0.25, -0.2) is 13.8 Å². The lowest BCUT2D eigenvalue weighted by Gasteiger charge is -2.28. The van der Waals surface area contributed by atoms with E-state index in [1.54, 1.807) is 21.6 Å². The summed E-state index contributed by atoms with van der Waals surface area (Å²) in [5, 5.41) is 15.2. The summed E-state index contributed by atoms with van der Waals surface area (Å²) in [7, 11) is 1.81. The molecule has 6 rings (SSSR count). The molecule has 0 saturated carbocycles. The molecule has 0 bridgehead atoms. The largest absolute Gasteiger partial charge is 0.342 e. The van der Waals surface area contributed by atoms with Gasteiger partial charge in [-0.05, 0) is 42.3 Å². The van der Waals surface area contributed by atoms with Crippen LogP contribution in [0.5, 0.6) is 0 Å². The maximum Gasteiger partial charge on any atom is 0.332 e. The van der Waals surface area contributed by atoms with Gasteiger partial charge >= 0.3 is 5.92 Å². The minimum Gasteiger partial charge on any atom is -0.342 e. The summed E-state index contributed by atoms with van der Waals surface area (Å²) >= 11 is 0. The van der Waals surface area contributed by atoms with Crippen LogP contribution in [0, 0.1) is 12.7 Å². The third kappa shape index (κ3) is 3.83. The maximum atomic E-state index is 15.5. The van der Waals surface area contributed by atoms with Gasteiger partial charge in [-0.3, -0.25) is 9.25 Å². The first-order valence-corrected chi connectivity index (χ1v) is 11.8. The Bertz CT molecular complexity index is 1650. The van der Waals surface area contributed by atoms with E-state index in [0.29, 0.717) is 11.5 Å². The Hall–Kier alpha value is -4.48. The molecule has 1 N–H and O–H groups in total. The average molecular weight is 523 g/mol. The van der Waals surface area contributed by atoms with Crippen LogP contribution in [0.4, 0.5) is 29.2 Å². The molecule has 1 aliphatic rings. The van der Waals surface area contributed by atoms with E-state index in [0.717, 1.165) is 45.3 Å². The molecule has 5 aromatic rings. The highest BCUT2D eigenvalue weighted by molar-refractivity contribution is 5.75. The van der Waals surface area contributed by atoms with Gasteiger partial charge in [0.2, 0.25) is 5.82 Å². The van der Waals surface area contributed by atoms with Gasteiger partial charge in [-0.15, -0.1) is 10.2 Å². The average Bonchev–Trinajstić information content (AvgIpc) is 3.63. The number of anilines is 2. The van der Waals surface area contributed by atoms with Gasteiger partial charge in [0.25, 0.3) is 0 Å². The van der Waals surface area contributed by atoms with Crippen molar-refractivity contribution in [2.75, 3.05) is 12.0 Å². The van der Waals surface area contributed by atoms with Crippen molar-refractivity contribution < 1.29 is 17.6 Å². The fourth-order valence-electron chi connectivity index (χ4n) is 4.79. The predicted octanol–water partition coefficient (Wildman–Crippen LogP) is 5.40. The minimum absolute atomic E-state index is 0.105. The van der Waals surface area contributed by atoms with Crippen LogP contribution in [-0.4, -0.2) is 40.8 Å². The lowest BCUT2D eigenvalue weighted by Crippen LogP contribution is -2.30. The van der Waals surface area contributed by atoms with E-state index in [-0.39, 0.29) is 12.4 Å². The van der Waals surface area contributed by atoms with Gasteiger partial charge < -0.3 is 9.88 Å². The fourth-order valence-corrected chi connectivity index (χ4v) is 4.79. The number of hydrogen-bond donors (Lipinski definition) is 1. The van der Waals surface area contributed by atoms with Crippen molar-refractivity contribution in [3.8, 4) is 22.6 Å². The third-order valence-electron chi connectivity index (χ3n) is 6.73. The monoisotopic (exact) mass is 522 g/mol. The molecule has 0 radical (unpaired) electrons. The molecule has 1 atom stereocenters. The number of aryl methyl sites for hydroxylation is 2. The van der Waals surface area contributed by atoms with Gasteiger partial charge in [-0.1, -0.05) is 12.1 Å². The van der Waals surface area contributed by atoms with E-state index in [1.807, 2.05) is 38.4 Å². The first-order chi connectivity index (χ1) is 18.3. The molecule has 0 aliphatic carbocycles. The molecule has 5 heterocycles. The molecule has 1 aromatic carbocycles. The molecule has 8 nitrogen and oxygen atoms in total. The Balaban J connectivity index is 1.41. The van der Waals surface area contributed by atoms with Crippen molar-refractivity contribution in [2.24, 2.45) is 7.05 Å². The van der Waals surface area contributed by atoms with E-state index in [4.69, 9.17) is 0 Å². The molecular weight excluding hydrogens is 500 g/mol. The highest BCUT2D eigenvalue weighted by atomic mass is 19.3. The lowest BCUT2D eigenvalue weighted by atomic mass is 10.0. The first kappa shape index (κ1) is 23.9. The number of halogens is 4. The molecule has 0 spiro atoms. The molecule has 38 heavy (non-hydrogen) atoms. The van der Waals surface area contributed by atoms with Crippen LogP contribution in [-0.2, 0) is 19.5 Å². The molecule has 0 amide bonds. The molecule has 12 heteroatoms. The van der Waals surface area contributed by atoms with E-state index in [9.17, 15) is 8.78 Å². The Labute approximate surface area is 214 Å². The van der Waals surface area contributed by atoms with Crippen LogP contribution < -0.4 is 5.32 Å². The summed E-state index contributed by atoms with van der Waals surface area (Å²) in [5.41, 5.74) is 2.49. The van der Waals surface area contributed by atoms with E-state index < -0.39 is 35.8 Å². The normalized spacial score (nSPS) is 14.8. The van der Waals surface area contributed by atoms with Crippen molar-refractivity contribution in [3.05, 3.63) is 83.8 Å². The highest BCUT2D eigenvalue weighted by Gasteiger charge is 2.44. The Morgan fingerprint density at radius 3 is 2.71 bits per heavy atom. The zero-order chi connectivity index (χ0) is 26.6. The SMILES string of the molecule is Cc1cnc(Nc2ccnn2C)cc1-c1cc2n(c1)C[C@H](CF)n1c-2nnc1C(F)(F)c1cccc(F)c1. The number of fused-ring (bicyclic) bond motifs is 3. The topological polar surface area (TPSA) is 78.4 Å².